The number of hydrogen-bond donors (Lipinski definition) is 1. The summed E-state index contributed by atoms with van der Waals surface area (Å²) in [6.07, 6.45) is 6.33. The van der Waals surface area contributed by atoms with Crippen LogP contribution in [0.1, 0.15) is 12.7 Å². The number of amides is 2. The van der Waals surface area contributed by atoms with Crippen LogP contribution >= 0.6 is 11.8 Å². The summed E-state index contributed by atoms with van der Waals surface area (Å²) >= 11 is 0.840. The number of hydrogen-bond acceptors (Lipinski definition) is 7. The number of rotatable bonds is 8. The second kappa shape index (κ2) is 9.29. The molecule has 2 N–H and O–H groups in total. The van der Waals surface area contributed by atoms with E-state index < -0.39 is 11.1 Å². The van der Waals surface area contributed by atoms with Crippen LogP contribution in [-0.4, -0.2) is 48.2 Å². The fourth-order valence-corrected chi connectivity index (χ4v) is 3.02. The molecule has 0 radical (unpaired) electrons. The van der Waals surface area contributed by atoms with E-state index in [1.807, 2.05) is 19.0 Å². The fraction of sp³-hybridized carbons (Fsp3) is 0.263. The van der Waals surface area contributed by atoms with Gasteiger partial charge >= 0.3 is 0 Å². The number of nitrogen functional groups attached to an aromatic ring is 1. The summed E-state index contributed by atoms with van der Waals surface area (Å²) in [6, 6.07) is 3.21. The molecule has 7 nitrogen and oxygen atoms in total. The van der Waals surface area contributed by atoms with Crippen LogP contribution in [0.25, 0.3) is 6.08 Å². The first-order valence-electron chi connectivity index (χ1n) is 8.27. The molecule has 1 saturated heterocycles. The summed E-state index contributed by atoms with van der Waals surface area (Å²) < 4.78 is 10.9. The van der Waals surface area contributed by atoms with Crippen molar-refractivity contribution in [1.82, 2.24) is 9.80 Å². The highest BCUT2D eigenvalue weighted by Gasteiger charge is 2.37. The molecule has 0 aliphatic carbocycles. The molecule has 0 saturated carbocycles. The van der Waals surface area contributed by atoms with Gasteiger partial charge < -0.3 is 19.8 Å². The van der Waals surface area contributed by atoms with Gasteiger partial charge in [-0.05, 0) is 44.9 Å². The van der Waals surface area contributed by atoms with E-state index in [9.17, 15) is 9.59 Å². The Hall–Kier alpha value is -2.71. The quantitative estimate of drug-likeness (QED) is 0.414. The van der Waals surface area contributed by atoms with Crippen molar-refractivity contribution in [2.45, 2.75) is 6.92 Å². The predicted molar refractivity (Wildman–Crippen MR) is 107 cm³/mol. The summed E-state index contributed by atoms with van der Waals surface area (Å²) in [5.41, 5.74) is 5.95. The normalized spacial score (nSPS) is 17.3. The van der Waals surface area contributed by atoms with Crippen molar-refractivity contribution in [3.63, 3.8) is 0 Å². The lowest BCUT2D eigenvalue weighted by Crippen LogP contribution is -2.27. The summed E-state index contributed by atoms with van der Waals surface area (Å²) in [7, 11) is 3.88. The Morgan fingerprint density at radius 3 is 2.70 bits per heavy atom. The molecular weight excluding hydrogens is 366 g/mol. The van der Waals surface area contributed by atoms with Crippen molar-refractivity contribution in [1.29, 1.82) is 0 Å². The lowest BCUT2D eigenvalue weighted by atomic mass is 10.2. The molecule has 0 bridgehead atoms. The number of thioether (sulfide) groups is 1. The van der Waals surface area contributed by atoms with E-state index in [-0.39, 0.29) is 10.8 Å². The van der Waals surface area contributed by atoms with Gasteiger partial charge in [0, 0.05) is 24.8 Å². The summed E-state index contributed by atoms with van der Waals surface area (Å²) in [4.78, 5) is 28.4. The number of likely N-dealkylation sites (N-methyl/N-ethyl adjacent to an activating group) is 1. The number of nitrogens with two attached hydrogens (primary N) is 1. The molecule has 2 amide bonds. The minimum atomic E-state index is -0.430. The van der Waals surface area contributed by atoms with Gasteiger partial charge in [0.25, 0.3) is 11.1 Å². The molecule has 0 aromatic carbocycles. The van der Waals surface area contributed by atoms with Gasteiger partial charge in [-0.1, -0.05) is 12.7 Å². The standard InChI is InChI=1S/C19H23N3O4S/c1-5-13(11-14(6-2)25-10-9-21(3)4)22-18(23)16(27-19(22)24)12-15-7-8-17(20)26-15/h5-8,11-12H,2,9-10,20H2,1,3-4H3/b13-5+,14-11+,16-12-. The Bertz CT molecular complexity index is 821. The molecular formula is C19H23N3O4S. The average molecular weight is 389 g/mol. The van der Waals surface area contributed by atoms with E-state index >= 15 is 0 Å². The van der Waals surface area contributed by atoms with Crippen LogP contribution in [-0.2, 0) is 9.53 Å². The molecule has 1 fully saturated rings. The first-order valence-corrected chi connectivity index (χ1v) is 9.08. The van der Waals surface area contributed by atoms with Gasteiger partial charge in [-0.2, -0.15) is 0 Å². The molecule has 0 unspecified atom stereocenters. The number of allylic oxidation sites excluding steroid dienone is 3. The maximum Gasteiger partial charge on any atom is 0.298 e. The third-order valence-electron chi connectivity index (χ3n) is 3.57. The van der Waals surface area contributed by atoms with Crippen LogP contribution in [0.15, 0.2) is 57.7 Å². The molecule has 1 aliphatic rings. The molecule has 0 atom stereocenters. The Labute approximate surface area is 162 Å². The zero-order valence-corrected chi connectivity index (χ0v) is 16.4. The van der Waals surface area contributed by atoms with Gasteiger partial charge in [-0.15, -0.1) is 0 Å². The SMILES string of the molecule is C=C/C(=C\C(=C/C)N1C(=O)S/C(=C\c2ccc(N)o2)C1=O)OCCN(C)C. The lowest BCUT2D eigenvalue weighted by molar-refractivity contribution is -0.121. The topological polar surface area (TPSA) is 89.0 Å². The van der Waals surface area contributed by atoms with Gasteiger partial charge in [-0.3, -0.25) is 9.59 Å². The van der Waals surface area contributed by atoms with Crippen LogP contribution in [0.5, 0.6) is 0 Å². The molecule has 8 heteroatoms. The molecule has 144 valence electrons. The minimum Gasteiger partial charge on any atom is -0.492 e. The fourth-order valence-electron chi connectivity index (χ4n) is 2.19. The van der Waals surface area contributed by atoms with E-state index in [4.69, 9.17) is 14.9 Å². The van der Waals surface area contributed by atoms with Crippen molar-refractivity contribution in [2.24, 2.45) is 0 Å². The van der Waals surface area contributed by atoms with Gasteiger partial charge in [0.05, 0.1) is 10.6 Å². The first kappa shape index (κ1) is 20.6. The number of ether oxygens (including phenoxy) is 1. The highest BCUT2D eigenvalue weighted by atomic mass is 32.2. The molecule has 27 heavy (non-hydrogen) atoms. The molecule has 0 spiro atoms. The van der Waals surface area contributed by atoms with Crippen molar-refractivity contribution >= 4 is 34.9 Å². The van der Waals surface area contributed by atoms with E-state index in [0.29, 0.717) is 23.8 Å². The molecule has 1 aliphatic heterocycles. The molecule has 2 rings (SSSR count). The zero-order chi connectivity index (χ0) is 20.0. The van der Waals surface area contributed by atoms with Crippen LogP contribution in [0, 0.1) is 0 Å². The van der Waals surface area contributed by atoms with Crippen molar-refractivity contribution in [3.05, 3.63) is 59.1 Å². The number of carbonyl (C=O) groups excluding carboxylic acids is 2. The second-order valence-electron chi connectivity index (χ2n) is 5.87. The predicted octanol–water partition coefficient (Wildman–Crippen LogP) is 3.45. The monoisotopic (exact) mass is 389 g/mol. The second-order valence-corrected chi connectivity index (χ2v) is 6.87. The molecule has 1 aromatic rings. The summed E-state index contributed by atoms with van der Waals surface area (Å²) in [6.45, 7) is 6.65. The largest absolute Gasteiger partial charge is 0.492 e. The van der Waals surface area contributed by atoms with E-state index in [0.717, 1.165) is 23.2 Å². The maximum atomic E-state index is 12.7. The average Bonchev–Trinajstić information content (AvgIpc) is 3.14. The van der Waals surface area contributed by atoms with Crippen LogP contribution in [0.3, 0.4) is 0 Å². The smallest absolute Gasteiger partial charge is 0.298 e. The Kier molecular flexibility index (Phi) is 7.09. The van der Waals surface area contributed by atoms with Crippen molar-refractivity contribution in [3.8, 4) is 0 Å². The first-order chi connectivity index (χ1) is 12.8. The molecule has 1 aromatic heterocycles. The molecule has 2 heterocycles. The van der Waals surface area contributed by atoms with Gasteiger partial charge in [0.15, 0.2) is 5.88 Å². The van der Waals surface area contributed by atoms with E-state index in [1.165, 1.54) is 6.08 Å². The van der Waals surface area contributed by atoms with Crippen LogP contribution in [0.2, 0.25) is 0 Å². The highest BCUT2D eigenvalue weighted by molar-refractivity contribution is 8.18. The Morgan fingerprint density at radius 1 is 1.41 bits per heavy atom. The van der Waals surface area contributed by atoms with E-state index in [2.05, 4.69) is 6.58 Å². The highest BCUT2D eigenvalue weighted by Crippen LogP contribution is 2.35. The van der Waals surface area contributed by atoms with Crippen molar-refractivity contribution in [2.75, 3.05) is 33.0 Å². The van der Waals surface area contributed by atoms with Crippen molar-refractivity contribution < 1.29 is 18.7 Å². The van der Waals surface area contributed by atoms with Gasteiger partial charge in [-0.25, -0.2) is 4.90 Å². The number of imide groups is 1. The zero-order valence-electron chi connectivity index (χ0n) is 15.6. The van der Waals surface area contributed by atoms with E-state index in [1.54, 1.807) is 37.3 Å². The maximum absolute atomic E-state index is 12.7. The Morgan fingerprint density at radius 2 is 2.15 bits per heavy atom. The third-order valence-corrected chi connectivity index (χ3v) is 4.44. The third kappa shape index (κ3) is 5.38. The minimum absolute atomic E-state index is 0.239. The lowest BCUT2D eigenvalue weighted by Gasteiger charge is -2.16. The number of furan rings is 1. The summed E-state index contributed by atoms with van der Waals surface area (Å²) in [5.74, 6) is 0.699. The number of anilines is 1. The van der Waals surface area contributed by atoms with Gasteiger partial charge in [0.1, 0.15) is 18.1 Å². The number of carbonyl (C=O) groups is 2. The number of nitrogens with zero attached hydrogens (tertiary/aromatic N) is 2. The van der Waals surface area contributed by atoms with Gasteiger partial charge in [0.2, 0.25) is 0 Å². The van der Waals surface area contributed by atoms with Crippen LogP contribution in [0.4, 0.5) is 10.7 Å². The Balaban J connectivity index is 2.19. The van der Waals surface area contributed by atoms with Crippen LogP contribution < -0.4 is 5.73 Å². The summed E-state index contributed by atoms with van der Waals surface area (Å²) in [5, 5.41) is -0.396.